The van der Waals surface area contributed by atoms with E-state index in [2.05, 4.69) is 36.0 Å². The van der Waals surface area contributed by atoms with Crippen molar-refractivity contribution >= 4 is 27.7 Å². The normalized spacial score (nSPS) is 15.9. The van der Waals surface area contributed by atoms with E-state index in [9.17, 15) is 9.18 Å². The maximum absolute atomic E-state index is 13.2. The van der Waals surface area contributed by atoms with Crippen LogP contribution in [-0.4, -0.2) is 53.4 Å². The lowest BCUT2D eigenvalue weighted by Gasteiger charge is -2.34. The van der Waals surface area contributed by atoms with Crippen LogP contribution in [-0.2, 0) is 11.3 Å². The van der Waals surface area contributed by atoms with Gasteiger partial charge in [0.25, 0.3) is 0 Å². The topological polar surface area (TPSA) is 48.5 Å². The van der Waals surface area contributed by atoms with Crippen LogP contribution < -0.4 is 5.32 Å². The predicted octanol–water partition coefficient (Wildman–Crippen LogP) is 2.74. The molecular weight excluding hydrogens is 387 g/mol. The Hall–Kier alpha value is -1.83. The highest BCUT2D eigenvalue weighted by molar-refractivity contribution is 9.10. The summed E-state index contributed by atoms with van der Waals surface area (Å²) in [6.45, 7) is 4.44. The van der Waals surface area contributed by atoms with Gasteiger partial charge >= 0.3 is 0 Å². The molecule has 0 unspecified atom stereocenters. The molecule has 1 fully saturated rings. The van der Waals surface area contributed by atoms with Crippen LogP contribution in [0.2, 0.25) is 0 Å². The number of carbonyl (C=O) groups is 1. The first-order valence-corrected chi connectivity index (χ1v) is 8.98. The fourth-order valence-corrected chi connectivity index (χ4v) is 3.07. The summed E-state index contributed by atoms with van der Waals surface area (Å²) >= 11 is 3.32. The number of aromatic nitrogens is 1. The molecule has 5 nitrogen and oxygen atoms in total. The second-order valence-corrected chi connectivity index (χ2v) is 7.01. The van der Waals surface area contributed by atoms with Crippen LogP contribution in [0, 0.1) is 5.82 Å². The maximum atomic E-state index is 13.2. The minimum atomic E-state index is -0.200. The van der Waals surface area contributed by atoms with Crippen molar-refractivity contribution in [2.75, 3.05) is 38.0 Å². The van der Waals surface area contributed by atoms with Gasteiger partial charge in [0.15, 0.2) is 0 Å². The van der Waals surface area contributed by atoms with E-state index >= 15 is 0 Å². The molecule has 1 aliphatic heterocycles. The van der Waals surface area contributed by atoms with E-state index in [4.69, 9.17) is 0 Å². The monoisotopic (exact) mass is 406 g/mol. The van der Waals surface area contributed by atoms with Gasteiger partial charge in [0.2, 0.25) is 5.91 Å². The van der Waals surface area contributed by atoms with E-state index in [0.717, 1.165) is 42.8 Å². The summed E-state index contributed by atoms with van der Waals surface area (Å²) in [5, 5.41) is 2.81. The molecule has 0 atom stereocenters. The molecule has 132 valence electrons. The van der Waals surface area contributed by atoms with Crippen molar-refractivity contribution in [1.82, 2.24) is 14.8 Å². The van der Waals surface area contributed by atoms with E-state index in [1.165, 1.54) is 6.07 Å². The van der Waals surface area contributed by atoms with Gasteiger partial charge in [0.05, 0.1) is 6.54 Å². The lowest BCUT2D eigenvalue weighted by Crippen LogP contribution is -2.48. The van der Waals surface area contributed by atoms with Crippen molar-refractivity contribution in [3.63, 3.8) is 0 Å². The lowest BCUT2D eigenvalue weighted by atomic mass is 10.2. The fourth-order valence-electron chi connectivity index (χ4n) is 2.83. The van der Waals surface area contributed by atoms with Crippen molar-refractivity contribution in [1.29, 1.82) is 0 Å². The molecule has 1 aliphatic rings. The standard InChI is InChI=1S/C18H20BrFN4O/c19-15-4-5-17(21-11-15)22-18(25)13-24-8-6-23(7-9-24)12-14-2-1-3-16(20)10-14/h1-5,10-11H,6-9,12-13H2,(H,21,22,25). The van der Waals surface area contributed by atoms with Crippen molar-refractivity contribution in [2.45, 2.75) is 6.54 Å². The SMILES string of the molecule is O=C(CN1CCN(Cc2cccc(F)c2)CC1)Nc1ccc(Br)cn1. The maximum Gasteiger partial charge on any atom is 0.239 e. The van der Waals surface area contributed by atoms with Gasteiger partial charge in [0, 0.05) is 43.4 Å². The highest BCUT2D eigenvalue weighted by Crippen LogP contribution is 2.12. The molecule has 1 aromatic heterocycles. The molecule has 25 heavy (non-hydrogen) atoms. The summed E-state index contributed by atoms with van der Waals surface area (Å²) in [6.07, 6.45) is 1.65. The molecule has 0 saturated carbocycles. The Morgan fingerprint density at radius 1 is 1.16 bits per heavy atom. The summed E-state index contributed by atoms with van der Waals surface area (Å²) in [6, 6.07) is 10.3. The van der Waals surface area contributed by atoms with Crippen LogP contribution in [0.1, 0.15) is 5.56 Å². The largest absolute Gasteiger partial charge is 0.310 e. The number of pyridine rings is 1. The van der Waals surface area contributed by atoms with Crippen molar-refractivity contribution in [3.05, 3.63) is 58.4 Å². The molecule has 2 aromatic rings. The van der Waals surface area contributed by atoms with Crippen LogP contribution in [0.4, 0.5) is 10.2 Å². The number of anilines is 1. The van der Waals surface area contributed by atoms with Crippen molar-refractivity contribution in [2.24, 2.45) is 0 Å². The Labute approximate surface area is 155 Å². The van der Waals surface area contributed by atoms with Gasteiger partial charge in [0.1, 0.15) is 11.6 Å². The Kier molecular flexibility index (Phi) is 6.12. The molecular formula is C18H20BrFN4O. The van der Waals surface area contributed by atoms with Gasteiger partial charge in [-0.15, -0.1) is 0 Å². The zero-order valence-electron chi connectivity index (χ0n) is 13.8. The van der Waals surface area contributed by atoms with Crippen LogP contribution in [0.3, 0.4) is 0 Å². The Balaban J connectivity index is 1.42. The molecule has 0 radical (unpaired) electrons. The molecule has 1 amide bonds. The molecule has 3 rings (SSSR count). The second kappa shape index (κ2) is 8.51. The van der Waals surface area contributed by atoms with Crippen molar-refractivity contribution < 1.29 is 9.18 Å². The van der Waals surface area contributed by atoms with Crippen LogP contribution >= 0.6 is 15.9 Å². The number of rotatable bonds is 5. The van der Waals surface area contributed by atoms with Gasteiger partial charge in [-0.2, -0.15) is 0 Å². The van der Waals surface area contributed by atoms with E-state index in [1.54, 1.807) is 24.4 Å². The third kappa shape index (κ3) is 5.59. The summed E-state index contributed by atoms with van der Waals surface area (Å²) in [4.78, 5) is 20.7. The summed E-state index contributed by atoms with van der Waals surface area (Å²) < 4.78 is 14.1. The number of halogens is 2. The number of piperazine rings is 1. The average molecular weight is 407 g/mol. The molecule has 0 spiro atoms. The smallest absolute Gasteiger partial charge is 0.239 e. The highest BCUT2D eigenvalue weighted by Gasteiger charge is 2.19. The molecule has 1 saturated heterocycles. The zero-order valence-corrected chi connectivity index (χ0v) is 15.4. The van der Waals surface area contributed by atoms with Gasteiger partial charge in [-0.05, 0) is 45.8 Å². The summed E-state index contributed by atoms with van der Waals surface area (Å²) in [5.74, 6) is 0.292. The third-order valence-corrected chi connectivity index (χ3v) is 4.59. The van der Waals surface area contributed by atoms with Crippen LogP contribution in [0.5, 0.6) is 0 Å². The Morgan fingerprint density at radius 2 is 1.92 bits per heavy atom. The molecule has 1 aromatic carbocycles. The van der Waals surface area contributed by atoms with Gasteiger partial charge in [-0.25, -0.2) is 9.37 Å². The van der Waals surface area contributed by atoms with Gasteiger partial charge in [-0.3, -0.25) is 14.6 Å². The number of hydrogen-bond donors (Lipinski definition) is 1. The van der Waals surface area contributed by atoms with E-state index in [0.29, 0.717) is 12.4 Å². The first kappa shape index (κ1) is 18.0. The van der Waals surface area contributed by atoms with Crippen molar-refractivity contribution in [3.8, 4) is 0 Å². The number of nitrogens with zero attached hydrogens (tertiary/aromatic N) is 3. The summed E-state index contributed by atoms with van der Waals surface area (Å²) in [7, 11) is 0. The first-order valence-electron chi connectivity index (χ1n) is 8.19. The van der Waals surface area contributed by atoms with E-state index < -0.39 is 0 Å². The van der Waals surface area contributed by atoms with Crippen LogP contribution in [0.15, 0.2) is 47.1 Å². The number of benzene rings is 1. The molecule has 7 heteroatoms. The van der Waals surface area contributed by atoms with Gasteiger partial charge < -0.3 is 5.32 Å². The third-order valence-electron chi connectivity index (χ3n) is 4.12. The van der Waals surface area contributed by atoms with E-state index in [1.807, 2.05) is 12.1 Å². The minimum absolute atomic E-state index is 0.0617. The fraction of sp³-hybridized carbons (Fsp3) is 0.333. The van der Waals surface area contributed by atoms with Gasteiger partial charge in [-0.1, -0.05) is 12.1 Å². The zero-order chi connectivity index (χ0) is 17.6. The number of hydrogen-bond acceptors (Lipinski definition) is 4. The molecule has 1 N–H and O–H groups in total. The number of carbonyl (C=O) groups excluding carboxylic acids is 1. The molecule has 0 aliphatic carbocycles. The quantitative estimate of drug-likeness (QED) is 0.828. The highest BCUT2D eigenvalue weighted by atomic mass is 79.9. The Morgan fingerprint density at radius 3 is 2.60 bits per heavy atom. The molecule has 2 heterocycles. The molecule has 0 bridgehead atoms. The van der Waals surface area contributed by atoms with Crippen LogP contribution in [0.25, 0.3) is 0 Å². The number of amides is 1. The Bertz CT molecular complexity index is 717. The lowest BCUT2D eigenvalue weighted by molar-refractivity contribution is -0.117. The average Bonchev–Trinajstić information content (AvgIpc) is 2.59. The summed E-state index contributed by atoms with van der Waals surface area (Å²) in [5.41, 5.74) is 0.979. The second-order valence-electron chi connectivity index (χ2n) is 6.09. The number of nitrogens with one attached hydrogen (secondary N) is 1. The minimum Gasteiger partial charge on any atom is -0.310 e. The first-order chi connectivity index (χ1) is 12.1. The van der Waals surface area contributed by atoms with E-state index in [-0.39, 0.29) is 11.7 Å². The predicted molar refractivity (Wildman–Crippen MR) is 98.7 cm³/mol.